The number of aromatic nitrogens is 1. The minimum atomic E-state index is -4.92. The molecule has 1 N–H and O–H groups in total. The quantitative estimate of drug-likeness (QED) is 0.877. The van der Waals surface area contributed by atoms with Gasteiger partial charge in [-0.3, -0.25) is 9.59 Å². The first kappa shape index (κ1) is 16.9. The molecule has 0 saturated heterocycles. The van der Waals surface area contributed by atoms with E-state index in [1.54, 1.807) is 35.0 Å². The Morgan fingerprint density at radius 2 is 2.00 bits per heavy atom. The highest BCUT2D eigenvalue weighted by atomic mass is 19.4. The lowest BCUT2D eigenvalue weighted by Gasteiger charge is -2.15. The Labute approximate surface area is 130 Å². The fraction of sp³-hybridized carbons (Fsp3) is 0.333. The second-order valence-corrected chi connectivity index (χ2v) is 5.14. The molecule has 0 saturated carbocycles. The lowest BCUT2D eigenvalue weighted by molar-refractivity contribution is -0.174. The molecule has 2 rings (SSSR count). The average Bonchev–Trinajstić information content (AvgIpc) is 2.81. The topological polar surface area (TPSA) is 59.8 Å². The lowest BCUT2D eigenvalue weighted by Crippen LogP contribution is -2.42. The number of halogens is 3. The third-order valence-electron chi connectivity index (χ3n) is 3.14. The number of carbonyl (C=O) groups excluding carboxylic acids is 2. The first-order chi connectivity index (χ1) is 10.7. The number of hydrogen-bond donors (Lipinski definition) is 1. The van der Waals surface area contributed by atoms with E-state index in [1.165, 1.54) is 13.8 Å². The number of nitrogens with zero attached hydrogens (tertiary/aromatic N) is 1. The molecule has 5 nitrogen and oxygen atoms in total. The van der Waals surface area contributed by atoms with Gasteiger partial charge in [-0.25, -0.2) is 0 Å². The van der Waals surface area contributed by atoms with Gasteiger partial charge in [-0.2, -0.15) is 13.2 Å². The number of fused-ring (bicyclic) bond motifs is 1. The third-order valence-corrected chi connectivity index (χ3v) is 3.14. The number of hydrogen-bond acceptors (Lipinski definition) is 3. The fourth-order valence-electron chi connectivity index (χ4n) is 2.29. The first-order valence-corrected chi connectivity index (χ1v) is 6.83. The van der Waals surface area contributed by atoms with Crippen molar-refractivity contribution in [2.75, 3.05) is 0 Å². The Morgan fingerprint density at radius 1 is 1.30 bits per heavy atom. The minimum Gasteiger partial charge on any atom is -0.424 e. The summed E-state index contributed by atoms with van der Waals surface area (Å²) in [5.41, 5.74) is 1.24. The molecule has 23 heavy (non-hydrogen) atoms. The highest BCUT2D eigenvalue weighted by Gasteiger charge is 2.39. The number of esters is 1. The zero-order chi connectivity index (χ0) is 17.2. The van der Waals surface area contributed by atoms with Crippen molar-refractivity contribution in [1.82, 2.24) is 9.72 Å². The summed E-state index contributed by atoms with van der Waals surface area (Å²) in [5, 5.41) is 1.90. The molecule has 0 bridgehead atoms. The van der Waals surface area contributed by atoms with Crippen LogP contribution in [0.15, 0.2) is 30.6 Å². The molecule has 1 amide bonds. The molecule has 124 valence electrons. The molecule has 0 aromatic carbocycles. The van der Waals surface area contributed by atoms with Crippen molar-refractivity contribution in [1.29, 1.82) is 0 Å². The summed E-state index contributed by atoms with van der Waals surface area (Å²) < 4.78 is 43.6. The van der Waals surface area contributed by atoms with Crippen LogP contribution in [0.3, 0.4) is 0 Å². The van der Waals surface area contributed by atoms with Crippen LogP contribution in [-0.2, 0) is 16.0 Å². The summed E-state index contributed by atoms with van der Waals surface area (Å²) >= 11 is 0. The Hall–Kier alpha value is -2.51. The monoisotopic (exact) mass is 328 g/mol. The summed E-state index contributed by atoms with van der Waals surface area (Å²) in [6.07, 6.45) is -1.32. The van der Waals surface area contributed by atoms with Crippen LogP contribution in [0.5, 0.6) is 5.75 Å². The van der Waals surface area contributed by atoms with Gasteiger partial charge in [-0.05, 0) is 37.1 Å². The Kier molecular flexibility index (Phi) is 4.63. The Morgan fingerprint density at radius 3 is 2.61 bits per heavy atom. The first-order valence-electron chi connectivity index (χ1n) is 6.83. The zero-order valence-electron chi connectivity index (χ0n) is 12.5. The molecule has 0 aliphatic carbocycles. The van der Waals surface area contributed by atoms with E-state index in [4.69, 9.17) is 4.74 Å². The molecule has 0 radical (unpaired) electrons. The van der Waals surface area contributed by atoms with Crippen LogP contribution in [0, 0.1) is 0 Å². The van der Waals surface area contributed by atoms with E-state index >= 15 is 0 Å². The predicted molar refractivity (Wildman–Crippen MR) is 76.1 cm³/mol. The largest absolute Gasteiger partial charge is 0.471 e. The third kappa shape index (κ3) is 4.02. The second-order valence-electron chi connectivity index (χ2n) is 5.14. The fourth-order valence-corrected chi connectivity index (χ4v) is 2.29. The molecule has 1 unspecified atom stereocenters. The van der Waals surface area contributed by atoms with Gasteiger partial charge in [0.2, 0.25) is 0 Å². The molecule has 2 aromatic rings. The van der Waals surface area contributed by atoms with Crippen LogP contribution in [0.25, 0.3) is 5.52 Å². The molecule has 0 fully saturated rings. The summed E-state index contributed by atoms with van der Waals surface area (Å²) in [6, 6.07) is 4.25. The summed E-state index contributed by atoms with van der Waals surface area (Å²) in [6.45, 7) is 2.74. The van der Waals surface area contributed by atoms with E-state index in [9.17, 15) is 22.8 Å². The molecule has 2 heterocycles. The zero-order valence-corrected chi connectivity index (χ0v) is 12.5. The number of ether oxygens (including phenoxy) is 1. The summed E-state index contributed by atoms with van der Waals surface area (Å²) in [7, 11) is 0. The van der Waals surface area contributed by atoms with Crippen LogP contribution in [0.2, 0.25) is 0 Å². The molecule has 0 spiro atoms. The van der Waals surface area contributed by atoms with Crippen LogP contribution in [0.4, 0.5) is 13.2 Å². The number of nitrogens with one attached hydrogen (secondary N) is 1. The van der Waals surface area contributed by atoms with Gasteiger partial charge in [0.05, 0.1) is 5.52 Å². The van der Waals surface area contributed by atoms with Crippen molar-refractivity contribution in [3.05, 3.63) is 36.2 Å². The number of amides is 1. The SMILES string of the molecule is CC(=O)Oc1cccn2ccc(CC(C)NC(=O)C(F)(F)F)c12. The van der Waals surface area contributed by atoms with Crippen molar-refractivity contribution in [2.45, 2.75) is 32.5 Å². The van der Waals surface area contributed by atoms with Gasteiger partial charge in [-0.1, -0.05) is 0 Å². The van der Waals surface area contributed by atoms with Crippen molar-refractivity contribution in [2.24, 2.45) is 0 Å². The van der Waals surface area contributed by atoms with Crippen molar-refractivity contribution >= 4 is 17.4 Å². The smallest absolute Gasteiger partial charge is 0.424 e. The Balaban J connectivity index is 2.23. The molecule has 1 atom stereocenters. The van der Waals surface area contributed by atoms with Gasteiger partial charge >= 0.3 is 18.1 Å². The van der Waals surface area contributed by atoms with E-state index in [-0.39, 0.29) is 6.42 Å². The van der Waals surface area contributed by atoms with Gasteiger partial charge in [0.25, 0.3) is 0 Å². The number of alkyl halides is 3. The second kappa shape index (κ2) is 6.31. The molecular weight excluding hydrogens is 313 g/mol. The van der Waals surface area contributed by atoms with Crippen molar-refractivity contribution < 1.29 is 27.5 Å². The maximum atomic E-state index is 12.3. The number of pyridine rings is 1. The highest BCUT2D eigenvalue weighted by molar-refractivity contribution is 5.82. The van der Waals surface area contributed by atoms with E-state index in [2.05, 4.69) is 0 Å². The molecule has 8 heteroatoms. The standard InChI is InChI=1S/C15H15F3N2O3/c1-9(19-14(22)15(16,17)18)8-11-5-7-20-6-3-4-12(13(11)20)23-10(2)21/h3-7,9H,8H2,1-2H3,(H,19,22). The maximum absolute atomic E-state index is 12.3. The van der Waals surface area contributed by atoms with E-state index < -0.39 is 24.1 Å². The van der Waals surface area contributed by atoms with Gasteiger partial charge in [0, 0.05) is 25.4 Å². The van der Waals surface area contributed by atoms with E-state index in [0.29, 0.717) is 16.8 Å². The highest BCUT2D eigenvalue weighted by Crippen LogP contribution is 2.26. The van der Waals surface area contributed by atoms with Gasteiger partial charge < -0.3 is 14.5 Å². The molecule has 0 aliphatic heterocycles. The van der Waals surface area contributed by atoms with Gasteiger partial charge in [0.15, 0.2) is 5.75 Å². The normalized spacial score (nSPS) is 12.9. The average molecular weight is 328 g/mol. The van der Waals surface area contributed by atoms with Crippen LogP contribution in [0.1, 0.15) is 19.4 Å². The van der Waals surface area contributed by atoms with E-state index in [0.717, 1.165) is 0 Å². The van der Waals surface area contributed by atoms with Crippen LogP contribution < -0.4 is 10.1 Å². The Bertz CT molecular complexity index is 737. The van der Waals surface area contributed by atoms with Crippen molar-refractivity contribution in [3.8, 4) is 5.75 Å². The number of carbonyl (C=O) groups is 2. The lowest BCUT2D eigenvalue weighted by atomic mass is 10.1. The molecule has 2 aromatic heterocycles. The van der Waals surface area contributed by atoms with Crippen molar-refractivity contribution in [3.63, 3.8) is 0 Å². The number of rotatable bonds is 4. The summed E-state index contributed by atoms with van der Waals surface area (Å²) in [4.78, 5) is 22.1. The van der Waals surface area contributed by atoms with E-state index in [1.807, 2.05) is 5.32 Å². The van der Waals surface area contributed by atoms with Gasteiger partial charge in [0.1, 0.15) is 0 Å². The minimum absolute atomic E-state index is 0.163. The maximum Gasteiger partial charge on any atom is 0.471 e. The van der Waals surface area contributed by atoms with Crippen LogP contribution in [-0.4, -0.2) is 28.5 Å². The predicted octanol–water partition coefficient (Wildman–Crippen LogP) is 2.47. The summed E-state index contributed by atoms with van der Waals surface area (Å²) in [5.74, 6) is -2.16. The van der Waals surface area contributed by atoms with Crippen LogP contribution >= 0.6 is 0 Å². The van der Waals surface area contributed by atoms with Gasteiger partial charge in [-0.15, -0.1) is 0 Å². The molecule has 0 aliphatic rings. The molecular formula is C15H15F3N2O3.